The van der Waals surface area contributed by atoms with Crippen molar-refractivity contribution in [3.63, 3.8) is 0 Å². The Labute approximate surface area is 125 Å². The first-order valence-electron chi connectivity index (χ1n) is 6.59. The highest BCUT2D eigenvalue weighted by atomic mass is 32.2. The summed E-state index contributed by atoms with van der Waals surface area (Å²) >= 11 is 0. The third-order valence-corrected chi connectivity index (χ3v) is 4.06. The molecule has 1 unspecified atom stereocenters. The van der Waals surface area contributed by atoms with Crippen LogP contribution in [0.5, 0.6) is 0 Å². The summed E-state index contributed by atoms with van der Waals surface area (Å²) < 4.78 is 28.4. The predicted molar refractivity (Wildman–Crippen MR) is 83.1 cm³/mol. The summed E-state index contributed by atoms with van der Waals surface area (Å²) in [6.07, 6.45) is 2.89. The number of carbonyl (C=O) groups excluding carboxylic acids is 1. The molecule has 0 aliphatic carbocycles. The number of sulfone groups is 1. The van der Waals surface area contributed by atoms with Crippen molar-refractivity contribution in [2.45, 2.75) is 31.3 Å². The van der Waals surface area contributed by atoms with Crippen LogP contribution in [0.4, 0.5) is 5.69 Å². The van der Waals surface area contributed by atoms with E-state index in [0.29, 0.717) is 18.7 Å². The van der Waals surface area contributed by atoms with Crippen molar-refractivity contribution in [3.8, 4) is 0 Å². The Hall–Kier alpha value is -1.66. The average molecular weight is 311 g/mol. The van der Waals surface area contributed by atoms with Gasteiger partial charge < -0.3 is 10.1 Å². The molecule has 0 fully saturated rings. The maximum atomic E-state index is 12.0. The van der Waals surface area contributed by atoms with Gasteiger partial charge in [0.1, 0.15) is 6.10 Å². The Balaban J connectivity index is 2.82. The molecule has 1 rings (SSSR count). The van der Waals surface area contributed by atoms with E-state index in [4.69, 9.17) is 4.74 Å². The molecule has 21 heavy (non-hydrogen) atoms. The minimum absolute atomic E-state index is 0.170. The first-order chi connectivity index (χ1) is 9.75. The summed E-state index contributed by atoms with van der Waals surface area (Å²) in [5.74, 6) is -0.312. The molecule has 1 aromatic carbocycles. The molecule has 0 heterocycles. The van der Waals surface area contributed by atoms with Crippen LogP contribution in [0.1, 0.15) is 18.9 Å². The van der Waals surface area contributed by atoms with Gasteiger partial charge in [-0.25, -0.2) is 8.42 Å². The van der Waals surface area contributed by atoms with Crippen LogP contribution < -0.4 is 5.32 Å². The first-order valence-corrected chi connectivity index (χ1v) is 8.49. The zero-order valence-electron chi connectivity index (χ0n) is 12.5. The van der Waals surface area contributed by atoms with Crippen molar-refractivity contribution in [2.75, 3.05) is 18.2 Å². The van der Waals surface area contributed by atoms with Gasteiger partial charge in [0.05, 0.1) is 11.5 Å². The molecule has 0 bridgehead atoms. The van der Waals surface area contributed by atoms with Crippen molar-refractivity contribution in [2.24, 2.45) is 0 Å². The number of aryl methyl sites for hydroxylation is 1. The van der Waals surface area contributed by atoms with Gasteiger partial charge >= 0.3 is 0 Å². The topological polar surface area (TPSA) is 72.5 Å². The lowest BCUT2D eigenvalue weighted by Gasteiger charge is -2.15. The van der Waals surface area contributed by atoms with Crippen LogP contribution in [-0.4, -0.2) is 33.3 Å². The van der Waals surface area contributed by atoms with Crippen LogP contribution in [0, 0.1) is 6.92 Å². The number of nitrogens with one attached hydrogen (secondary N) is 1. The van der Waals surface area contributed by atoms with E-state index in [9.17, 15) is 13.2 Å². The third-order valence-electron chi connectivity index (χ3n) is 2.95. The first kappa shape index (κ1) is 17.4. The third kappa shape index (κ3) is 5.32. The van der Waals surface area contributed by atoms with Crippen LogP contribution in [-0.2, 0) is 19.4 Å². The van der Waals surface area contributed by atoms with Gasteiger partial charge in [-0.2, -0.15) is 0 Å². The fraction of sp³-hybridized carbons (Fsp3) is 0.400. The molecule has 5 nitrogen and oxygen atoms in total. The second-order valence-corrected chi connectivity index (χ2v) is 6.84. The van der Waals surface area contributed by atoms with Gasteiger partial charge in [-0.1, -0.05) is 12.1 Å². The van der Waals surface area contributed by atoms with Crippen LogP contribution in [0.2, 0.25) is 0 Å². The molecular weight excluding hydrogens is 290 g/mol. The predicted octanol–water partition coefficient (Wildman–Crippen LogP) is 2.32. The summed E-state index contributed by atoms with van der Waals surface area (Å²) in [7, 11) is -3.31. The van der Waals surface area contributed by atoms with Gasteiger partial charge in [-0.3, -0.25) is 4.79 Å². The Bertz CT molecular complexity index is 623. The molecule has 116 valence electrons. The fourth-order valence-corrected chi connectivity index (χ4v) is 2.25. The van der Waals surface area contributed by atoms with Gasteiger partial charge in [0.2, 0.25) is 0 Å². The minimum atomic E-state index is -3.31. The lowest BCUT2D eigenvalue weighted by Crippen LogP contribution is -2.28. The number of rotatable bonds is 7. The second kappa shape index (κ2) is 7.38. The molecular formula is C15H21NO4S. The molecule has 0 aliphatic rings. The van der Waals surface area contributed by atoms with Crippen LogP contribution in [0.25, 0.3) is 0 Å². The van der Waals surface area contributed by atoms with Crippen LogP contribution >= 0.6 is 0 Å². The van der Waals surface area contributed by atoms with Crippen LogP contribution in [0.3, 0.4) is 0 Å². The highest BCUT2D eigenvalue weighted by Gasteiger charge is 2.16. The van der Waals surface area contributed by atoms with E-state index in [0.717, 1.165) is 11.8 Å². The Morgan fingerprint density at radius 3 is 2.71 bits per heavy atom. The molecule has 1 N–H and O–H groups in total. The smallest absolute Gasteiger partial charge is 0.253 e. The summed E-state index contributed by atoms with van der Waals surface area (Å²) in [5, 5.41) is 2.70. The largest absolute Gasteiger partial charge is 0.368 e. The zero-order valence-corrected chi connectivity index (χ0v) is 13.4. The fourth-order valence-electron chi connectivity index (χ4n) is 1.60. The van der Waals surface area contributed by atoms with Crippen molar-refractivity contribution in [1.29, 1.82) is 0 Å². The van der Waals surface area contributed by atoms with Crippen molar-refractivity contribution < 1.29 is 17.9 Å². The number of benzene rings is 1. The molecule has 0 aliphatic heterocycles. The molecule has 1 atom stereocenters. The lowest BCUT2D eigenvalue weighted by atomic mass is 10.2. The Morgan fingerprint density at radius 1 is 1.48 bits per heavy atom. The zero-order chi connectivity index (χ0) is 16.0. The van der Waals surface area contributed by atoms with E-state index < -0.39 is 15.9 Å². The highest BCUT2D eigenvalue weighted by molar-refractivity contribution is 7.90. The van der Waals surface area contributed by atoms with Crippen molar-refractivity contribution in [1.82, 2.24) is 0 Å². The van der Waals surface area contributed by atoms with Gasteiger partial charge in [0, 0.05) is 11.9 Å². The van der Waals surface area contributed by atoms with Gasteiger partial charge in [-0.15, -0.1) is 6.58 Å². The molecule has 6 heteroatoms. The van der Waals surface area contributed by atoms with Crippen molar-refractivity contribution >= 4 is 21.4 Å². The summed E-state index contributed by atoms with van der Waals surface area (Å²) in [5.41, 5.74) is 1.26. The Kier molecular flexibility index (Phi) is 6.11. The van der Waals surface area contributed by atoms with Gasteiger partial charge in [-0.05, 0) is 38.0 Å². The van der Waals surface area contributed by atoms with E-state index in [1.165, 1.54) is 12.1 Å². The average Bonchev–Trinajstić information content (AvgIpc) is 2.40. The van der Waals surface area contributed by atoms with E-state index in [-0.39, 0.29) is 10.8 Å². The lowest BCUT2D eigenvalue weighted by molar-refractivity contribution is -0.126. The minimum Gasteiger partial charge on any atom is -0.368 e. The maximum absolute atomic E-state index is 12.0. The molecule has 0 saturated carbocycles. The molecule has 1 amide bonds. The maximum Gasteiger partial charge on any atom is 0.253 e. The standard InChI is InChI=1S/C15H21NO4S/c1-5-6-9-20-12(3)15(17)16-14-10-13(21(4,18)19)8-7-11(14)2/h5,7-8,10,12H,1,6,9H2,2-4H3,(H,16,17). The van der Waals surface area contributed by atoms with E-state index >= 15 is 0 Å². The SMILES string of the molecule is C=CCCOC(C)C(=O)Nc1cc(S(C)(=O)=O)ccc1C. The second-order valence-electron chi connectivity index (χ2n) is 4.83. The van der Waals surface area contributed by atoms with Gasteiger partial charge in [0.25, 0.3) is 5.91 Å². The number of amides is 1. The summed E-state index contributed by atoms with van der Waals surface area (Å²) in [4.78, 5) is 12.2. The molecule has 0 spiro atoms. The molecule has 0 radical (unpaired) electrons. The number of hydrogen-bond acceptors (Lipinski definition) is 4. The molecule has 0 saturated heterocycles. The summed E-state index contributed by atoms with van der Waals surface area (Å²) in [6, 6.07) is 4.64. The van der Waals surface area contributed by atoms with E-state index in [1.54, 1.807) is 26.0 Å². The molecule has 1 aromatic rings. The number of carbonyl (C=O) groups is 1. The monoisotopic (exact) mass is 311 g/mol. The van der Waals surface area contributed by atoms with Crippen LogP contribution in [0.15, 0.2) is 35.7 Å². The quantitative estimate of drug-likeness (QED) is 0.619. The van der Waals surface area contributed by atoms with Crippen molar-refractivity contribution in [3.05, 3.63) is 36.4 Å². The normalized spacial score (nSPS) is 12.7. The number of hydrogen-bond donors (Lipinski definition) is 1. The highest BCUT2D eigenvalue weighted by Crippen LogP contribution is 2.20. The molecule has 0 aromatic heterocycles. The van der Waals surface area contributed by atoms with E-state index in [1.807, 2.05) is 0 Å². The van der Waals surface area contributed by atoms with Gasteiger partial charge in [0.15, 0.2) is 9.84 Å². The van der Waals surface area contributed by atoms with E-state index in [2.05, 4.69) is 11.9 Å². The summed E-state index contributed by atoms with van der Waals surface area (Å²) in [6.45, 7) is 7.44. The number of ether oxygens (including phenoxy) is 1. The Morgan fingerprint density at radius 2 is 2.14 bits per heavy atom. The number of anilines is 1.